The van der Waals surface area contributed by atoms with E-state index in [4.69, 9.17) is 9.26 Å². The fourth-order valence-electron chi connectivity index (χ4n) is 3.70. The number of hydrogen-bond acceptors (Lipinski definition) is 5. The Hall–Kier alpha value is -4.40. The summed E-state index contributed by atoms with van der Waals surface area (Å²) in [5, 5.41) is 4.88. The molecule has 2 heterocycles. The minimum absolute atomic E-state index is 0.00399. The summed E-state index contributed by atoms with van der Waals surface area (Å²) in [7, 11) is 1.53. The molecule has 9 heteroatoms. The number of methoxy groups -OCH3 is 1. The van der Waals surface area contributed by atoms with Gasteiger partial charge in [-0.25, -0.2) is 0 Å². The summed E-state index contributed by atoms with van der Waals surface area (Å²) in [6.45, 7) is 0. The highest BCUT2D eigenvalue weighted by Crippen LogP contribution is 2.33. The van der Waals surface area contributed by atoms with Crippen LogP contribution in [0.2, 0.25) is 0 Å². The number of alkyl halides is 3. The third kappa shape index (κ3) is 3.81. The number of aromatic nitrogens is 3. The van der Waals surface area contributed by atoms with Crippen molar-refractivity contribution in [3.8, 4) is 34.3 Å². The van der Waals surface area contributed by atoms with Crippen molar-refractivity contribution in [1.29, 1.82) is 0 Å². The van der Waals surface area contributed by atoms with E-state index >= 15 is 0 Å². The second-order valence-electron chi connectivity index (χ2n) is 7.47. The second-order valence-corrected chi connectivity index (χ2v) is 7.47. The number of halogens is 3. The Kier molecular flexibility index (Phi) is 5.16. The van der Waals surface area contributed by atoms with E-state index in [1.54, 1.807) is 54.7 Å². The lowest BCUT2D eigenvalue weighted by molar-refractivity contribution is -0.137. The smallest absolute Gasteiger partial charge is 0.416 e. The van der Waals surface area contributed by atoms with Crippen LogP contribution in [0.5, 0.6) is 5.75 Å². The molecule has 0 bridgehead atoms. The van der Waals surface area contributed by atoms with Crippen LogP contribution in [-0.4, -0.2) is 21.8 Å². The van der Waals surface area contributed by atoms with Gasteiger partial charge in [0.1, 0.15) is 5.75 Å². The highest BCUT2D eigenvalue weighted by molar-refractivity contribution is 5.94. The van der Waals surface area contributed by atoms with Crippen LogP contribution in [0.15, 0.2) is 88.3 Å². The molecule has 2 aromatic heterocycles. The zero-order chi connectivity index (χ0) is 23.9. The maximum absolute atomic E-state index is 13.2. The van der Waals surface area contributed by atoms with Gasteiger partial charge in [0, 0.05) is 28.6 Å². The number of nitrogens with zero attached hydrogens (tertiary/aromatic N) is 3. The molecule has 0 aliphatic rings. The Morgan fingerprint density at radius 3 is 2.47 bits per heavy atom. The zero-order valence-electron chi connectivity index (χ0n) is 17.7. The number of hydrogen-bond donors (Lipinski definition) is 0. The van der Waals surface area contributed by atoms with Crippen LogP contribution in [0.3, 0.4) is 0 Å². The Morgan fingerprint density at radius 2 is 1.71 bits per heavy atom. The number of ether oxygens (including phenoxy) is 1. The number of rotatable bonds is 4. The van der Waals surface area contributed by atoms with Crippen molar-refractivity contribution < 1.29 is 22.4 Å². The van der Waals surface area contributed by atoms with E-state index in [1.165, 1.54) is 23.8 Å². The normalized spacial score (nSPS) is 11.6. The molecule has 0 radical (unpaired) electrons. The number of pyridine rings is 1. The molecule has 0 amide bonds. The molecule has 0 fully saturated rings. The van der Waals surface area contributed by atoms with Crippen LogP contribution in [-0.2, 0) is 6.18 Å². The highest BCUT2D eigenvalue weighted by Gasteiger charge is 2.31. The molecule has 0 unspecified atom stereocenters. The quantitative estimate of drug-likeness (QED) is 0.340. The molecule has 0 saturated heterocycles. The van der Waals surface area contributed by atoms with Gasteiger partial charge >= 0.3 is 6.18 Å². The molecule has 0 aliphatic heterocycles. The van der Waals surface area contributed by atoms with Gasteiger partial charge in [0.2, 0.25) is 5.82 Å². The van der Waals surface area contributed by atoms with Crippen LogP contribution in [0, 0.1) is 0 Å². The number of fused-ring (bicyclic) bond motifs is 1. The summed E-state index contributed by atoms with van der Waals surface area (Å²) < 4.78 is 51.5. The monoisotopic (exact) mass is 463 g/mol. The van der Waals surface area contributed by atoms with Crippen molar-refractivity contribution in [3.63, 3.8) is 0 Å². The van der Waals surface area contributed by atoms with Crippen LogP contribution < -0.4 is 10.3 Å². The fraction of sp³-hybridized carbons (Fsp3) is 0.0800. The lowest BCUT2D eigenvalue weighted by Gasteiger charge is -2.11. The first kappa shape index (κ1) is 21.4. The molecule has 0 spiro atoms. The van der Waals surface area contributed by atoms with Gasteiger partial charge in [-0.2, -0.15) is 18.2 Å². The third-order valence-corrected chi connectivity index (χ3v) is 5.36. The van der Waals surface area contributed by atoms with E-state index in [2.05, 4.69) is 10.1 Å². The molecule has 170 valence electrons. The average molecular weight is 463 g/mol. The summed E-state index contributed by atoms with van der Waals surface area (Å²) in [5.74, 6) is 0.647. The first-order valence-corrected chi connectivity index (χ1v) is 10.2. The van der Waals surface area contributed by atoms with Crippen LogP contribution in [0.4, 0.5) is 13.2 Å². The lowest BCUT2D eigenvalue weighted by atomic mass is 10.1. The van der Waals surface area contributed by atoms with E-state index in [1.807, 2.05) is 0 Å². The molecule has 5 aromatic rings. The van der Waals surface area contributed by atoms with Gasteiger partial charge in [-0.15, -0.1) is 0 Å². The topological polar surface area (TPSA) is 70.2 Å². The first-order valence-electron chi connectivity index (χ1n) is 10.2. The van der Waals surface area contributed by atoms with E-state index < -0.39 is 11.7 Å². The fourth-order valence-corrected chi connectivity index (χ4v) is 3.70. The lowest BCUT2D eigenvalue weighted by Crippen LogP contribution is -2.18. The molecule has 0 aliphatic carbocycles. The van der Waals surface area contributed by atoms with E-state index in [9.17, 15) is 18.0 Å². The molecule has 5 rings (SSSR count). The summed E-state index contributed by atoms with van der Waals surface area (Å²) in [6, 6.07) is 18.6. The molecule has 0 atom stereocenters. The molecule has 0 N–H and O–H groups in total. The molecular weight excluding hydrogens is 447 g/mol. The van der Waals surface area contributed by atoms with E-state index in [-0.39, 0.29) is 22.8 Å². The highest BCUT2D eigenvalue weighted by atomic mass is 19.4. The van der Waals surface area contributed by atoms with Gasteiger partial charge < -0.3 is 9.26 Å². The van der Waals surface area contributed by atoms with Crippen molar-refractivity contribution >= 4 is 10.8 Å². The van der Waals surface area contributed by atoms with Crippen molar-refractivity contribution in [2.24, 2.45) is 0 Å². The first-order chi connectivity index (χ1) is 16.3. The maximum Gasteiger partial charge on any atom is 0.416 e. The van der Waals surface area contributed by atoms with Crippen LogP contribution >= 0.6 is 0 Å². The van der Waals surface area contributed by atoms with Gasteiger partial charge in [0.15, 0.2) is 0 Å². The second kappa shape index (κ2) is 8.18. The van der Waals surface area contributed by atoms with E-state index in [0.717, 1.165) is 12.1 Å². The minimum atomic E-state index is -4.50. The Balaban J connectivity index is 1.68. The van der Waals surface area contributed by atoms with Gasteiger partial charge in [-0.3, -0.25) is 9.36 Å². The third-order valence-electron chi connectivity index (χ3n) is 5.36. The Morgan fingerprint density at radius 1 is 0.941 bits per heavy atom. The average Bonchev–Trinajstić information content (AvgIpc) is 3.34. The molecule has 3 aromatic carbocycles. The molecule has 0 saturated carbocycles. The van der Waals surface area contributed by atoms with Gasteiger partial charge in [0.25, 0.3) is 11.4 Å². The van der Waals surface area contributed by atoms with Gasteiger partial charge in [-0.1, -0.05) is 41.6 Å². The number of benzene rings is 3. The molecular formula is C25H16F3N3O3. The Labute approximate surface area is 190 Å². The minimum Gasteiger partial charge on any atom is -0.497 e. The van der Waals surface area contributed by atoms with Crippen molar-refractivity contribution in [1.82, 2.24) is 14.7 Å². The van der Waals surface area contributed by atoms with Crippen molar-refractivity contribution in [2.45, 2.75) is 6.18 Å². The summed E-state index contributed by atoms with van der Waals surface area (Å²) in [4.78, 5) is 17.6. The predicted molar refractivity (Wildman–Crippen MR) is 120 cm³/mol. The zero-order valence-corrected chi connectivity index (χ0v) is 17.7. The van der Waals surface area contributed by atoms with Crippen LogP contribution in [0.25, 0.3) is 39.3 Å². The van der Waals surface area contributed by atoms with Crippen molar-refractivity contribution in [2.75, 3.05) is 7.11 Å². The molecule has 6 nitrogen and oxygen atoms in total. The summed E-state index contributed by atoms with van der Waals surface area (Å²) >= 11 is 0. The van der Waals surface area contributed by atoms with Gasteiger partial charge in [0.05, 0.1) is 23.9 Å². The predicted octanol–water partition coefficient (Wildman–Crippen LogP) is 5.74. The SMILES string of the molecule is COc1cccc(-n2cc(-c3nc(-c4cccc(C(F)(F)F)c4)no3)c3ccccc3c2=O)c1. The largest absolute Gasteiger partial charge is 0.497 e. The summed E-state index contributed by atoms with van der Waals surface area (Å²) in [6.07, 6.45) is -2.92. The van der Waals surface area contributed by atoms with Crippen molar-refractivity contribution in [3.05, 3.63) is 94.9 Å². The standard InChI is InChI=1S/C25H16F3N3O3/c1-33-18-9-5-8-17(13-18)31-14-21(19-10-2-3-11-20(19)24(31)32)23-29-22(30-34-23)15-6-4-7-16(12-15)25(26,27)28/h2-14H,1H3. The van der Waals surface area contributed by atoms with E-state index in [0.29, 0.717) is 27.8 Å². The Bertz CT molecular complexity index is 1570. The molecule has 34 heavy (non-hydrogen) atoms. The van der Waals surface area contributed by atoms with Gasteiger partial charge in [-0.05, 0) is 30.3 Å². The van der Waals surface area contributed by atoms with Crippen LogP contribution in [0.1, 0.15) is 5.56 Å². The summed E-state index contributed by atoms with van der Waals surface area (Å²) in [5.41, 5.74) is 0.117. The maximum atomic E-state index is 13.2.